The summed E-state index contributed by atoms with van der Waals surface area (Å²) < 4.78 is 32.8. The Hall–Kier alpha value is -2.38. The van der Waals surface area contributed by atoms with Crippen LogP contribution >= 0.6 is 0 Å². The van der Waals surface area contributed by atoms with Gasteiger partial charge in [-0.15, -0.1) is 0 Å². The predicted octanol–water partition coefficient (Wildman–Crippen LogP) is 3.03. The van der Waals surface area contributed by atoms with Crippen LogP contribution in [0.15, 0.2) is 59.5 Å². The van der Waals surface area contributed by atoms with E-state index in [-0.39, 0.29) is 10.8 Å². The molecular weight excluding hydrogens is 364 g/mol. The molecule has 0 unspecified atom stereocenters. The van der Waals surface area contributed by atoms with Gasteiger partial charge in [0.15, 0.2) is 0 Å². The van der Waals surface area contributed by atoms with Crippen LogP contribution in [0.3, 0.4) is 0 Å². The lowest BCUT2D eigenvalue weighted by Crippen LogP contribution is -2.25. The highest BCUT2D eigenvalue weighted by Crippen LogP contribution is 2.28. The molecule has 2 aromatic rings. The van der Waals surface area contributed by atoms with Crippen molar-refractivity contribution in [1.29, 1.82) is 0 Å². The Morgan fingerprint density at radius 1 is 1.07 bits per heavy atom. The molecule has 2 N–H and O–H groups in total. The summed E-state index contributed by atoms with van der Waals surface area (Å²) in [7, 11) is -3.68. The molecule has 2 aromatic carbocycles. The summed E-state index contributed by atoms with van der Waals surface area (Å²) in [5.41, 5.74) is 0.751. The Balaban J connectivity index is 1.50. The molecule has 6 nitrogen and oxygen atoms in total. The Kier molecular flexibility index (Phi) is 6.47. The van der Waals surface area contributed by atoms with Crippen molar-refractivity contribution in [2.75, 3.05) is 24.5 Å². The van der Waals surface area contributed by atoms with E-state index in [0.717, 1.165) is 18.9 Å². The molecule has 3 rings (SSSR count). The number of amides is 1. The zero-order valence-corrected chi connectivity index (χ0v) is 15.9. The van der Waals surface area contributed by atoms with Crippen molar-refractivity contribution in [2.24, 2.45) is 5.92 Å². The highest BCUT2D eigenvalue weighted by Gasteiger charge is 2.20. The second-order valence-electron chi connectivity index (χ2n) is 6.63. The van der Waals surface area contributed by atoms with Gasteiger partial charge in [0.2, 0.25) is 0 Å². The molecule has 1 saturated carbocycles. The quantitative estimate of drug-likeness (QED) is 0.613. The standard InChI is InChI=1S/C20H24N2O4S/c23-20(21-12-5-13-26-15-16-10-11-16)17-6-4-7-18(14-17)22-27(24,25)19-8-2-1-3-9-19/h1-4,6-9,14,16,22H,5,10-13,15H2,(H,21,23). The predicted molar refractivity (Wildman–Crippen MR) is 104 cm³/mol. The van der Waals surface area contributed by atoms with Gasteiger partial charge in [-0.3, -0.25) is 9.52 Å². The first-order chi connectivity index (χ1) is 13.0. The van der Waals surface area contributed by atoms with Crippen molar-refractivity contribution in [3.8, 4) is 0 Å². The largest absolute Gasteiger partial charge is 0.381 e. The van der Waals surface area contributed by atoms with Crippen LogP contribution in [0.25, 0.3) is 0 Å². The number of carbonyl (C=O) groups excluding carboxylic acids is 1. The van der Waals surface area contributed by atoms with Gasteiger partial charge in [0.25, 0.3) is 15.9 Å². The fourth-order valence-electron chi connectivity index (χ4n) is 2.55. The second-order valence-corrected chi connectivity index (χ2v) is 8.31. The second kappa shape index (κ2) is 9.01. The number of sulfonamides is 1. The Bertz CT molecular complexity index is 865. The van der Waals surface area contributed by atoms with E-state index in [9.17, 15) is 13.2 Å². The summed E-state index contributed by atoms with van der Waals surface area (Å²) in [6, 6.07) is 14.5. The molecule has 0 aromatic heterocycles. The Morgan fingerprint density at radius 3 is 2.59 bits per heavy atom. The molecule has 0 bridgehead atoms. The number of ether oxygens (including phenoxy) is 1. The highest BCUT2D eigenvalue weighted by atomic mass is 32.2. The molecule has 1 aliphatic rings. The highest BCUT2D eigenvalue weighted by molar-refractivity contribution is 7.92. The van der Waals surface area contributed by atoms with Crippen molar-refractivity contribution >= 4 is 21.6 Å². The maximum absolute atomic E-state index is 12.4. The molecule has 0 spiro atoms. The molecule has 0 radical (unpaired) electrons. The lowest BCUT2D eigenvalue weighted by atomic mass is 10.2. The molecule has 27 heavy (non-hydrogen) atoms. The molecule has 1 amide bonds. The SMILES string of the molecule is O=C(NCCCOCC1CC1)c1cccc(NS(=O)(=O)c2ccccc2)c1. The zero-order chi connectivity index (χ0) is 19.1. The third kappa shape index (κ3) is 6.08. The lowest BCUT2D eigenvalue weighted by molar-refractivity contribution is 0.0937. The molecule has 0 aliphatic heterocycles. The molecule has 7 heteroatoms. The van der Waals surface area contributed by atoms with Crippen LogP contribution in [0.2, 0.25) is 0 Å². The van der Waals surface area contributed by atoms with Gasteiger partial charge in [-0.1, -0.05) is 24.3 Å². The summed E-state index contributed by atoms with van der Waals surface area (Å²) in [4.78, 5) is 12.4. The molecular formula is C20H24N2O4S. The van der Waals surface area contributed by atoms with Crippen molar-refractivity contribution < 1.29 is 17.9 Å². The summed E-state index contributed by atoms with van der Waals surface area (Å²) in [5, 5.41) is 2.83. The van der Waals surface area contributed by atoms with Gasteiger partial charge in [-0.2, -0.15) is 0 Å². The van der Waals surface area contributed by atoms with Gasteiger partial charge >= 0.3 is 0 Å². The molecule has 0 saturated heterocycles. The summed E-state index contributed by atoms with van der Waals surface area (Å²) in [5.74, 6) is 0.500. The summed E-state index contributed by atoms with van der Waals surface area (Å²) in [6.45, 7) is 1.97. The van der Waals surface area contributed by atoms with Gasteiger partial charge in [0, 0.05) is 31.0 Å². The molecule has 0 atom stereocenters. The van der Waals surface area contributed by atoms with Crippen LogP contribution in [-0.2, 0) is 14.8 Å². The van der Waals surface area contributed by atoms with Crippen molar-refractivity contribution in [3.63, 3.8) is 0 Å². The topological polar surface area (TPSA) is 84.5 Å². The van der Waals surface area contributed by atoms with Crippen molar-refractivity contribution in [2.45, 2.75) is 24.2 Å². The number of benzene rings is 2. The molecule has 144 valence electrons. The average Bonchev–Trinajstić information content (AvgIpc) is 3.49. The van der Waals surface area contributed by atoms with Crippen LogP contribution in [0.5, 0.6) is 0 Å². The third-order valence-electron chi connectivity index (χ3n) is 4.23. The van der Waals surface area contributed by atoms with Crippen LogP contribution in [-0.4, -0.2) is 34.1 Å². The van der Waals surface area contributed by atoms with E-state index < -0.39 is 10.0 Å². The normalized spacial score (nSPS) is 13.9. The van der Waals surface area contributed by atoms with E-state index >= 15 is 0 Å². The minimum absolute atomic E-state index is 0.172. The van der Waals surface area contributed by atoms with E-state index in [2.05, 4.69) is 10.0 Å². The fourth-order valence-corrected chi connectivity index (χ4v) is 3.62. The van der Waals surface area contributed by atoms with E-state index in [0.29, 0.717) is 24.4 Å². The lowest BCUT2D eigenvalue weighted by Gasteiger charge is -2.10. The average molecular weight is 388 g/mol. The van der Waals surface area contributed by atoms with Gasteiger partial charge in [-0.05, 0) is 55.5 Å². The van der Waals surface area contributed by atoms with E-state index in [1.807, 2.05) is 0 Å². The summed E-state index contributed by atoms with van der Waals surface area (Å²) in [6.07, 6.45) is 3.28. The smallest absolute Gasteiger partial charge is 0.261 e. The monoisotopic (exact) mass is 388 g/mol. The van der Waals surface area contributed by atoms with E-state index in [4.69, 9.17) is 4.74 Å². The minimum atomic E-state index is -3.68. The maximum Gasteiger partial charge on any atom is 0.261 e. The van der Waals surface area contributed by atoms with Crippen molar-refractivity contribution in [1.82, 2.24) is 5.32 Å². The van der Waals surface area contributed by atoms with Gasteiger partial charge < -0.3 is 10.1 Å². The van der Waals surface area contributed by atoms with Gasteiger partial charge in [-0.25, -0.2) is 8.42 Å². The number of nitrogens with one attached hydrogen (secondary N) is 2. The van der Waals surface area contributed by atoms with Crippen LogP contribution < -0.4 is 10.0 Å². The number of hydrogen-bond donors (Lipinski definition) is 2. The van der Waals surface area contributed by atoms with Crippen molar-refractivity contribution in [3.05, 3.63) is 60.2 Å². The number of hydrogen-bond acceptors (Lipinski definition) is 4. The number of carbonyl (C=O) groups is 1. The van der Waals surface area contributed by atoms with Gasteiger partial charge in [0.1, 0.15) is 0 Å². The molecule has 1 aliphatic carbocycles. The number of rotatable bonds is 10. The number of anilines is 1. The van der Waals surface area contributed by atoms with E-state index in [1.54, 1.807) is 36.4 Å². The maximum atomic E-state index is 12.4. The first-order valence-corrected chi connectivity index (χ1v) is 10.6. The van der Waals surface area contributed by atoms with Gasteiger partial charge in [0.05, 0.1) is 4.90 Å². The summed E-state index contributed by atoms with van der Waals surface area (Å²) >= 11 is 0. The van der Waals surface area contributed by atoms with E-state index in [1.165, 1.54) is 31.0 Å². The molecule has 1 fully saturated rings. The Morgan fingerprint density at radius 2 is 1.85 bits per heavy atom. The fraction of sp³-hybridized carbons (Fsp3) is 0.350. The first kappa shape index (κ1) is 19.4. The molecule has 0 heterocycles. The van der Waals surface area contributed by atoms with Crippen LogP contribution in [0.1, 0.15) is 29.6 Å². The Labute approximate surface area is 160 Å². The minimum Gasteiger partial charge on any atom is -0.381 e. The van der Waals surface area contributed by atoms with Crippen LogP contribution in [0, 0.1) is 5.92 Å². The first-order valence-electron chi connectivity index (χ1n) is 9.08. The zero-order valence-electron chi connectivity index (χ0n) is 15.1. The third-order valence-corrected chi connectivity index (χ3v) is 5.63. The van der Waals surface area contributed by atoms with Crippen LogP contribution in [0.4, 0.5) is 5.69 Å².